The average molecular weight is 268 g/mol. The van der Waals surface area contributed by atoms with Gasteiger partial charge in [-0.3, -0.25) is 14.5 Å². The van der Waals surface area contributed by atoms with Gasteiger partial charge < -0.3 is 10.0 Å². The second-order valence-electron chi connectivity index (χ2n) is 4.41. The van der Waals surface area contributed by atoms with Crippen LogP contribution in [-0.4, -0.2) is 79.7 Å². The minimum absolute atomic E-state index is 0.0228. The summed E-state index contributed by atoms with van der Waals surface area (Å²) in [5, 5.41) is 19.3. The van der Waals surface area contributed by atoms with Crippen LogP contribution in [0.4, 0.5) is 0 Å². The van der Waals surface area contributed by atoms with Crippen molar-refractivity contribution >= 4 is 11.9 Å². The lowest BCUT2D eigenvalue weighted by molar-refractivity contribution is -0.138. The molecule has 1 fully saturated rings. The Morgan fingerprint density at radius 2 is 2.00 bits per heavy atom. The van der Waals surface area contributed by atoms with Crippen LogP contribution in [0.1, 0.15) is 6.42 Å². The maximum absolute atomic E-state index is 12.0. The van der Waals surface area contributed by atoms with E-state index >= 15 is 0 Å². The summed E-state index contributed by atoms with van der Waals surface area (Å²) >= 11 is 0. The van der Waals surface area contributed by atoms with Crippen LogP contribution < -0.4 is 0 Å². The van der Waals surface area contributed by atoms with E-state index in [9.17, 15) is 9.59 Å². The van der Waals surface area contributed by atoms with Crippen LogP contribution in [0.15, 0.2) is 6.33 Å². The van der Waals surface area contributed by atoms with Gasteiger partial charge in [0.2, 0.25) is 5.91 Å². The van der Waals surface area contributed by atoms with E-state index in [-0.39, 0.29) is 19.0 Å². The minimum atomic E-state index is -0.839. The maximum Gasteiger partial charge on any atom is 0.317 e. The van der Waals surface area contributed by atoms with Crippen molar-refractivity contribution in [3.63, 3.8) is 0 Å². The second-order valence-corrected chi connectivity index (χ2v) is 4.41. The lowest BCUT2D eigenvalue weighted by Gasteiger charge is -2.20. The third-order valence-electron chi connectivity index (χ3n) is 2.99. The molecule has 0 atom stereocenters. The minimum Gasteiger partial charge on any atom is -0.480 e. The summed E-state index contributed by atoms with van der Waals surface area (Å²) in [6.07, 6.45) is 2.17. The summed E-state index contributed by atoms with van der Waals surface area (Å²) in [5.41, 5.74) is 0. The maximum atomic E-state index is 12.0. The molecule has 1 saturated heterocycles. The van der Waals surface area contributed by atoms with Gasteiger partial charge in [0.05, 0.1) is 6.54 Å². The molecule has 1 aromatic heterocycles. The molecule has 0 bridgehead atoms. The number of aromatic nitrogens is 4. The molecule has 9 heteroatoms. The van der Waals surface area contributed by atoms with Crippen molar-refractivity contribution in [2.24, 2.45) is 0 Å². The van der Waals surface area contributed by atoms with Crippen LogP contribution in [0.2, 0.25) is 0 Å². The van der Waals surface area contributed by atoms with Gasteiger partial charge in [-0.2, -0.15) is 0 Å². The van der Waals surface area contributed by atoms with Gasteiger partial charge in [-0.15, -0.1) is 5.10 Å². The van der Waals surface area contributed by atoms with E-state index in [0.717, 1.165) is 6.42 Å². The van der Waals surface area contributed by atoms with Crippen molar-refractivity contribution in [1.29, 1.82) is 0 Å². The molecule has 0 aliphatic carbocycles. The van der Waals surface area contributed by atoms with E-state index in [2.05, 4.69) is 15.5 Å². The molecule has 0 aromatic carbocycles. The number of carbonyl (C=O) groups excluding carboxylic acids is 1. The van der Waals surface area contributed by atoms with Crippen molar-refractivity contribution in [2.45, 2.75) is 13.0 Å². The zero-order valence-corrected chi connectivity index (χ0v) is 10.5. The number of hydrogen-bond donors (Lipinski definition) is 1. The number of hydrogen-bond acceptors (Lipinski definition) is 6. The zero-order valence-electron chi connectivity index (χ0n) is 10.5. The number of carboxylic acids is 1. The summed E-state index contributed by atoms with van der Waals surface area (Å²) in [7, 11) is 0. The molecular weight excluding hydrogens is 252 g/mol. The number of aliphatic carboxylic acids is 1. The highest BCUT2D eigenvalue weighted by Crippen LogP contribution is 2.04. The smallest absolute Gasteiger partial charge is 0.317 e. The standard InChI is InChI=1S/C10H16N6O3/c17-9(6-16-8-11-12-13-16)15-3-1-2-14(4-5-15)7-10(18)19/h8H,1-7H2,(H,18,19). The van der Waals surface area contributed by atoms with Crippen LogP contribution in [0.3, 0.4) is 0 Å². The topological polar surface area (TPSA) is 104 Å². The lowest BCUT2D eigenvalue weighted by Crippen LogP contribution is -2.38. The Balaban J connectivity index is 1.84. The van der Waals surface area contributed by atoms with E-state index in [1.165, 1.54) is 11.0 Å². The molecule has 19 heavy (non-hydrogen) atoms. The number of carboxylic acid groups (broad SMARTS) is 1. The van der Waals surface area contributed by atoms with Gasteiger partial charge in [-0.05, 0) is 16.8 Å². The highest BCUT2D eigenvalue weighted by Gasteiger charge is 2.20. The first kappa shape index (κ1) is 13.4. The largest absolute Gasteiger partial charge is 0.480 e. The molecule has 0 spiro atoms. The summed E-state index contributed by atoms with van der Waals surface area (Å²) in [6, 6.07) is 0. The van der Waals surface area contributed by atoms with Gasteiger partial charge >= 0.3 is 5.97 Å². The molecule has 0 radical (unpaired) electrons. The SMILES string of the molecule is O=C(O)CN1CCCN(C(=O)Cn2cnnn2)CC1. The normalized spacial score (nSPS) is 17.2. The fourth-order valence-electron chi connectivity index (χ4n) is 2.06. The first-order chi connectivity index (χ1) is 9.15. The van der Waals surface area contributed by atoms with Crippen LogP contribution in [0.25, 0.3) is 0 Å². The number of rotatable bonds is 4. The highest BCUT2D eigenvalue weighted by atomic mass is 16.4. The molecule has 2 heterocycles. The Bertz CT molecular complexity index is 434. The first-order valence-corrected chi connectivity index (χ1v) is 6.08. The van der Waals surface area contributed by atoms with Crippen molar-refractivity contribution < 1.29 is 14.7 Å². The number of carbonyl (C=O) groups is 2. The molecule has 0 saturated carbocycles. The van der Waals surface area contributed by atoms with E-state index in [1.54, 1.807) is 4.90 Å². The molecule has 1 aliphatic rings. The van der Waals surface area contributed by atoms with Gasteiger partial charge in [0.15, 0.2) is 0 Å². The third-order valence-corrected chi connectivity index (χ3v) is 2.99. The van der Waals surface area contributed by atoms with Crippen LogP contribution in [0, 0.1) is 0 Å². The fourth-order valence-corrected chi connectivity index (χ4v) is 2.06. The Kier molecular flexibility index (Phi) is 4.39. The van der Waals surface area contributed by atoms with Gasteiger partial charge in [0.25, 0.3) is 0 Å². The zero-order chi connectivity index (χ0) is 13.7. The molecule has 1 aromatic rings. The van der Waals surface area contributed by atoms with Gasteiger partial charge in [-0.25, -0.2) is 4.68 Å². The Morgan fingerprint density at radius 3 is 2.68 bits per heavy atom. The summed E-state index contributed by atoms with van der Waals surface area (Å²) in [5.74, 6) is -0.891. The van der Waals surface area contributed by atoms with Crippen LogP contribution in [0.5, 0.6) is 0 Å². The molecule has 1 N–H and O–H groups in total. The second kappa shape index (κ2) is 6.23. The van der Waals surface area contributed by atoms with E-state index < -0.39 is 5.97 Å². The summed E-state index contributed by atoms with van der Waals surface area (Å²) in [6.45, 7) is 2.58. The highest BCUT2D eigenvalue weighted by molar-refractivity contribution is 5.75. The van der Waals surface area contributed by atoms with Crippen molar-refractivity contribution in [3.05, 3.63) is 6.33 Å². The molecular formula is C10H16N6O3. The van der Waals surface area contributed by atoms with E-state index in [4.69, 9.17) is 5.11 Å². The van der Waals surface area contributed by atoms with E-state index in [0.29, 0.717) is 26.2 Å². The van der Waals surface area contributed by atoms with Crippen molar-refractivity contribution in [1.82, 2.24) is 30.0 Å². The first-order valence-electron chi connectivity index (χ1n) is 6.08. The number of amides is 1. The summed E-state index contributed by atoms with van der Waals surface area (Å²) in [4.78, 5) is 26.2. The monoisotopic (exact) mass is 268 g/mol. The molecule has 104 valence electrons. The Labute approximate surface area is 109 Å². The number of nitrogens with zero attached hydrogens (tertiary/aromatic N) is 6. The van der Waals surface area contributed by atoms with Gasteiger partial charge in [0.1, 0.15) is 12.9 Å². The average Bonchev–Trinajstić information content (AvgIpc) is 2.74. The van der Waals surface area contributed by atoms with Crippen LogP contribution in [-0.2, 0) is 16.1 Å². The Morgan fingerprint density at radius 1 is 1.16 bits per heavy atom. The molecule has 1 amide bonds. The molecule has 2 rings (SSSR count). The van der Waals surface area contributed by atoms with Gasteiger partial charge in [0, 0.05) is 26.2 Å². The number of tetrazole rings is 1. The molecule has 9 nitrogen and oxygen atoms in total. The van der Waals surface area contributed by atoms with E-state index in [1.807, 2.05) is 4.90 Å². The lowest BCUT2D eigenvalue weighted by atomic mass is 10.3. The van der Waals surface area contributed by atoms with Crippen molar-refractivity contribution in [3.8, 4) is 0 Å². The Hall–Kier alpha value is -2.03. The quantitative estimate of drug-likeness (QED) is 0.693. The summed E-state index contributed by atoms with van der Waals surface area (Å²) < 4.78 is 1.38. The predicted octanol–water partition coefficient (Wildman–Crippen LogP) is -1.71. The predicted molar refractivity (Wildman–Crippen MR) is 63.1 cm³/mol. The van der Waals surface area contributed by atoms with Crippen LogP contribution >= 0.6 is 0 Å². The van der Waals surface area contributed by atoms with Gasteiger partial charge in [-0.1, -0.05) is 0 Å². The van der Waals surface area contributed by atoms with Crippen molar-refractivity contribution in [2.75, 3.05) is 32.7 Å². The molecule has 0 unspecified atom stereocenters. The fraction of sp³-hybridized carbons (Fsp3) is 0.700. The molecule has 1 aliphatic heterocycles. The third kappa shape index (κ3) is 3.98.